The summed E-state index contributed by atoms with van der Waals surface area (Å²) in [5.74, 6) is 1.33. The van der Waals surface area contributed by atoms with Gasteiger partial charge in [0, 0.05) is 44.8 Å². The second-order valence-electron chi connectivity index (χ2n) is 6.00. The van der Waals surface area contributed by atoms with Crippen molar-refractivity contribution in [2.75, 3.05) is 31.6 Å². The lowest BCUT2D eigenvalue weighted by Gasteiger charge is -2.20. The lowest BCUT2D eigenvalue weighted by atomic mass is 10.2. The number of aliphatic imine (C=N–C) groups is 1. The standard InChI is InChI=1S/C18H22ClFN4O/c1-21-18(22-8-6-15-3-2-10-25-15)23-13-7-9-24(12-13)14-4-5-17(20)16(19)11-14/h2-5,10-11,13H,6-9,12H2,1H3,(H2,21,22,23). The van der Waals surface area contributed by atoms with Gasteiger partial charge in [-0.1, -0.05) is 11.6 Å². The highest BCUT2D eigenvalue weighted by molar-refractivity contribution is 6.31. The lowest BCUT2D eigenvalue weighted by Crippen LogP contribution is -2.45. The molecule has 7 heteroatoms. The molecule has 0 spiro atoms. The van der Waals surface area contributed by atoms with Crippen LogP contribution in [0.1, 0.15) is 12.2 Å². The van der Waals surface area contributed by atoms with Gasteiger partial charge in [0.1, 0.15) is 11.6 Å². The monoisotopic (exact) mass is 364 g/mol. The number of nitrogens with zero attached hydrogens (tertiary/aromatic N) is 2. The molecule has 0 amide bonds. The van der Waals surface area contributed by atoms with Crippen molar-refractivity contribution in [3.63, 3.8) is 0 Å². The van der Waals surface area contributed by atoms with Crippen LogP contribution >= 0.6 is 11.6 Å². The zero-order valence-corrected chi connectivity index (χ0v) is 14.9. The fourth-order valence-electron chi connectivity index (χ4n) is 2.94. The van der Waals surface area contributed by atoms with Gasteiger partial charge in [0.2, 0.25) is 0 Å². The number of guanidine groups is 1. The highest BCUT2D eigenvalue weighted by atomic mass is 35.5. The number of benzene rings is 1. The minimum atomic E-state index is -0.388. The maximum absolute atomic E-state index is 13.3. The van der Waals surface area contributed by atoms with Gasteiger partial charge in [-0.15, -0.1) is 0 Å². The number of hydrogen-bond acceptors (Lipinski definition) is 3. The first kappa shape index (κ1) is 17.6. The molecule has 3 rings (SSSR count). The van der Waals surface area contributed by atoms with E-state index in [-0.39, 0.29) is 16.9 Å². The predicted octanol–water partition coefficient (Wildman–Crippen LogP) is 3.06. The maximum atomic E-state index is 13.3. The molecule has 1 aliphatic heterocycles. The Hall–Kier alpha value is -2.21. The molecule has 0 bridgehead atoms. The van der Waals surface area contributed by atoms with Gasteiger partial charge in [0.25, 0.3) is 0 Å². The number of anilines is 1. The number of rotatable bonds is 5. The van der Waals surface area contributed by atoms with Crippen LogP contribution < -0.4 is 15.5 Å². The number of furan rings is 1. The normalized spacial score (nSPS) is 17.8. The molecular formula is C18H22ClFN4O. The Morgan fingerprint density at radius 3 is 3.04 bits per heavy atom. The summed E-state index contributed by atoms with van der Waals surface area (Å²) in [5.41, 5.74) is 0.941. The Morgan fingerprint density at radius 2 is 2.32 bits per heavy atom. The molecule has 0 radical (unpaired) electrons. The zero-order chi connectivity index (χ0) is 17.6. The summed E-state index contributed by atoms with van der Waals surface area (Å²) >= 11 is 5.88. The molecular weight excluding hydrogens is 343 g/mol. The quantitative estimate of drug-likeness (QED) is 0.632. The minimum absolute atomic E-state index is 0.157. The maximum Gasteiger partial charge on any atom is 0.191 e. The van der Waals surface area contributed by atoms with Crippen LogP contribution in [0.3, 0.4) is 0 Å². The van der Waals surface area contributed by atoms with Gasteiger partial charge in [-0.25, -0.2) is 4.39 Å². The van der Waals surface area contributed by atoms with E-state index in [0.29, 0.717) is 0 Å². The molecule has 1 aliphatic rings. The van der Waals surface area contributed by atoms with Gasteiger partial charge in [-0.05, 0) is 36.8 Å². The first-order valence-corrected chi connectivity index (χ1v) is 8.73. The van der Waals surface area contributed by atoms with Crippen molar-refractivity contribution in [3.8, 4) is 0 Å². The molecule has 1 saturated heterocycles. The summed E-state index contributed by atoms with van der Waals surface area (Å²) in [7, 11) is 1.76. The number of nitrogens with one attached hydrogen (secondary N) is 2. The van der Waals surface area contributed by atoms with Crippen molar-refractivity contribution in [1.29, 1.82) is 0 Å². The van der Waals surface area contributed by atoms with E-state index < -0.39 is 0 Å². The van der Waals surface area contributed by atoms with Crippen LogP contribution in [0, 0.1) is 5.82 Å². The minimum Gasteiger partial charge on any atom is -0.469 e. The average Bonchev–Trinajstić information content (AvgIpc) is 3.28. The SMILES string of the molecule is CN=C(NCCc1ccco1)NC1CCN(c2ccc(F)c(Cl)c2)C1. The summed E-state index contributed by atoms with van der Waals surface area (Å²) in [6.07, 6.45) is 3.46. The summed E-state index contributed by atoms with van der Waals surface area (Å²) in [4.78, 5) is 6.46. The average molecular weight is 365 g/mol. The van der Waals surface area contributed by atoms with Crippen LogP contribution in [-0.2, 0) is 6.42 Å². The molecule has 1 unspecified atom stereocenters. The largest absolute Gasteiger partial charge is 0.469 e. The smallest absolute Gasteiger partial charge is 0.191 e. The van der Waals surface area contributed by atoms with E-state index in [1.807, 2.05) is 12.1 Å². The third kappa shape index (κ3) is 4.66. The molecule has 0 aliphatic carbocycles. The topological polar surface area (TPSA) is 52.8 Å². The van der Waals surface area contributed by atoms with Crippen LogP contribution in [0.4, 0.5) is 10.1 Å². The van der Waals surface area contributed by atoms with Crippen LogP contribution in [0.5, 0.6) is 0 Å². The first-order valence-electron chi connectivity index (χ1n) is 8.35. The molecule has 2 aromatic rings. The van der Waals surface area contributed by atoms with Gasteiger partial charge in [0.05, 0.1) is 11.3 Å². The third-order valence-corrected chi connectivity index (χ3v) is 4.55. The van der Waals surface area contributed by atoms with Crippen LogP contribution in [0.2, 0.25) is 5.02 Å². The van der Waals surface area contributed by atoms with Gasteiger partial charge in [0.15, 0.2) is 5.96 Å². The predicted molar refractivity (Wildman–Crippen MR) is 98.9 cm³/mol. The van der Waals surface area contributed by atoms with E-state index in [9.17, 15) is 4.39 Å². The van der Waals surface area contributed by atoms with Crippen molar-refractivity contribution in [1.82, 2.24) is 10.6 Å². The lowest BCUT2D eigenvalue weighted by molar-refractivity contribution is 0.506. The van der Waals surface area contributed by atoms with Crippen LogP contribution in [-0.4, -0.2) is 38.7 Å². The third-order valence-electron chi connectivity index (χ3n) is 4.26. The van der Waals surface area contributed by atoms with E-state index in [0.717, 1.165) is 49.9 Å². The van der Waals surface area contributed by atoms with E-state index in [4.69, 9.17) is 16.0 Å². The Labute approximate surface area is 151 Å². The Kier molecular flexibility index (Phi) is 5.81. The van der Waals surface area contributed by atoms with E-state index in [1.165, 1.54) is 6.07 Å². The zero-order valence-electron chi connectivity index (χ0n) is 14.1. The molecule has 134 valence electrons. The van der Waals surface area contributed by atoms with E-state index in [1.54, 1.807) is 25.4 Å². The number of halogens is 2. The number of hydrogen-bond donors (Lipinski definition) is 2. The van der Waals surface area contributed by atoms with Crippen molar-refractivity contribution < 1.29 is 8.81 Å². The van der Waals surface area contributed by atoms with Crippen molar-refractivity contribution in [3.05, 3.63) is 53.2 Å². The van der Waals surface area contributed by atoms with Crippen LogP contribution in [0.15, 0.2) is 46.0 Å². The molecule has 0 saturated carbocycles. The van der Waals surface area contributed by atoms with Gasteiger partial charge in [-0.2, -0.15) is 0 Å². The molecule has 1 aromatic heterocycles. The fraction of sp³-hybridized carbons (Fsp3) is 0.389. The van der Waals surface area contributed by atoms with Gasteiger partial charge >= 0.3 is 0 Å². The summed E-state index contributed by atoms with van der Waals surface area (Å²) in [6, 6.07) is 8.97. The van der Waals surface area contributed by atoms with E-state index >= 15 is 0 Å². The molecule has 2 N–H and O–H groups in total. The Morgan fingerprint density at radius 1 is 1.44 bits per heavy atom. The Balaban J connectivity index is 1.48. The highest BCUT2D eigenvalue weighted by Crippen LogP contribution is 2.25. The van der Waals surface area contributed by atoms with Crippen LogP contribution in [0.25, 0.3) is 0 Å². The molecule has 1 fully saturated rings. The first-order chi connectivity index (χ1) is 12.2. The molecule has 2 heterocycles. The molecule has 1 atom stereocenters. The van der Waals surface area contributed by atoms with E-state index in [2.05, 4.69) is 20.5 Å². The summed E-state index contributed by atoms with van der Waals surface area (Å²) in [5, 5.41) is 6.88. The Bertz CT molecular complexity index is 720. The fourth-order valence-corrected chi connectivity index (χ4v) is 3.12. The highest BCUT2D eigenvalue weighted by Gasteiger charge is 2.23. The van der Waals surface area contributed by atoms with Crippen molar-refractivity contribution in [2.24, 2.45) is 4.99 Å². The van der Waals surface area contributed by atoms with Gasteiger partial charge in [-0.3, -0.25) is 4.99 Å². The molecule has 1 aromatic carbocycles. The summed E-state index contributed by atoms with van der Waals surface area (Å²) in [6.45, 7) is 2.46. The molecule has 5 nitrogen and oxygen atoms in total. The second-order valence-corrected chi connectivity index (χ2v) is 6.41. The van der Waals surface area contributed by atoms with Crippen molar-refractivity contribution in [2.45, 2.75) is 18.9 Å². The van der Waals surface area contributed by atoms with Crippen molar-refractivity contribution >= 4 is 23.2 Å². The molecule has 25 heavy (non-hydrogen) atoms. The van der Waals surface area contributed by atoms with Gasteiger partial charge < -0.3 is 20.0 Å². The summed E-state index contributed by atoms with van der Waals surface area (Å²) < 4.78 is 18.6. The second kappa shape index (κ2) is 8.25.